The molecule has 2 atom stereocenters. The number of nitro benzene ring substituents is 1. The van der Waals surface area contributed by atoms with Crippen molar-refractivity contribution in [1.29, 1.82) is 0 Å². The molecule has 92 valence electrons. The van der Waals surface area contributed by atoms with Gasteiger partial charge < -0.3 is 10.5 Å². The number of nitrogens with two attached hydrogens (primary N) is 1. The van der Waals surface area contributed by atoms with Gasteiger partial charge in [-0.25, -0.2) is 0 Å². The zero-order valence-electron chi connectivity index (χ0n) is 10.1. The second kappa shape index (κ2) is 3.70. The van der Waals surface area contributed by atoms with Crippen molar-refractivity contribution < 1.29 is 9.66 Å². The van der Waals surface area contributed by atoms with Crippen LogP contribution >= 0.6 is 0 Å². The van der Waals surface area contributed by atoms with Gasteiger partial charge in [0.05, 0.1) is 12.0 Å². The highest BCUT2D eigenvalue weighted by atomic mass is 16.6. The maximum Gasteiger partial charge on any atom is 0.269 e. The number of nitrogens with zero attached hydrogens (tertiary/aromatic N) is 1. The monoisotopic (exact) mass is 236 g/mol. The number of rotatable bonds is 3. The molecule has 1 aromatic rings. The van der Waals surface area contributed by atoms with Crippen molar-refractivity contribution in [3.8, 4) is 5.75 Å². The SMILES string of the molecule is COc1ccc([N+](=O)[O-])cc1[C@@H]1[C@@H](N)C1(C)C. The van der Waals surface area contributed by atoms with Crippen LogP contribution in [0.1, 0.15) is 25.3 Å². The van der Waals surface area contributed by atoms with E-state index in [1.54, 1.807) is 19.2 Å². The molecule has 1 aromatic carbocycles. The Labute approximate surface area is 99.7 Å². The quantitative estimate of drug-likeness (QED) is 0.643. The molecule has 0 unspecified atom stereocenters. The third-order valence-electron chi connectivity index (χ3n) is 3.67. The molecular weight excluding hydrogens is 220 g/mol. The number of hydrogen-bond acceptors (Lipinski definition) is 4. The van der Waals surface area contributed by atoms with E-state index < -0.39 is 4.92 Å². The van der Waals surface area contributed by atoms with E-state index in [1.807, 2.05) is 0 Å². The summed E-state index contributed by atoms with van der Waals surface area (Å²) >= 11 is 0. The first-order valence-corrected chi connectivity index (χ1v) is 5.47. The molecular formula is C12H16N2O3. The minimum Gasteiger partial charge on any atom is -0.496 e. The lowest BCUT2D eigenvalue weighted by Gasteiger charge is -2.09. The van der Waals surface area contributed by atoms with E-state index in [-0.39, 0.29) is 23.1 Å². The van der Waals surface area contributed by atoms with E-state index in [0.29, 0.717) is 5.75 Å². The standard InChI is InChI=1S/C12H16N2O3/c1-12(2)10(11(12)13)8-6-7(14(15)16)4-5-9(8)17-3/h4-6,10-11H,13H2,1-3H3/t10-,11-/m1/s1. The van der Waals surface area contributed by atoms with Gasteiger partial charge in [-0.05, 0) is 11.5 Å². The van der Waals surface area contributed by atoms with Crippen molar-refractivity contribution in [3.05, 3.63) is 33.9 Å². The van der Waals surface area contributed by atoms with Crippen LogP contribution in [0.2, 0.25) is 0 Å². The summed E-state index contributed by atoms with van der Waals surface area (Å²) in [6, 6.07) is 4.68. The molecule has 0 saturated heterocycles. The second-order valence-corrected chi connectivity index (χ2v) is 5.01. The molecule has 0 spiro atoms. The van der Waals surface area contributed by atoms with Crippen LogP contribution in [-0.2, 0) is 0 Å². The van der Waals surface area contributed by atoms with Crippen LogP contribution in [0.3, 0.4) is 0 Å². The van der Waals surface area contributed by atoms with Crippen LogP contribution in [0.25, 0.3) is 0 Å². The fourth-order valence-electron chi connectivity index (χ4n) is 2.35. The van der Waals surface area contributed by atoms with Gasteiger partial charge in [0.15, 0.2) is 0 Å². The minimum absolute atomic E-state index is 0.0253. The largest absolute Gasteiger partial charge is 0.496 e. The first-order valence-electron chi connectivity index (χ1n) is 5.47. The van der Waals surface area contributed by atoms with Gasteiger partial charge in [-0.2, -0.15) is 0 Å². The summed E-state index contributed by atoms with van der Waals surface area (Å²) < 4.78 is 5.24. The van der Waals surface area contributed by atoms with E-state index in [0.717, 1.165) is 5.56 Å². The highest BCUT2D eigenvalue weighted by molar-refractivity contribution is 5.50. The summed E-state index contributed by atoms with van der Waals surface area (Å²) in [5.74, 6) is 0.791. The molecule has 1 fully saturated rings. The van der Waals surface area contributed by atoms with E-state index in [4.69, 9.17) is 10.5 Å². The molecule has 1 aliphatic rings. The van der Waals surface area contributed by atoms with E-state index >= 15 is 0 Å². The normalized spacial score (nSPS) is 25.4. The highest BCUT2D eigenvalue weighted by Gasteiger charge is 2.57. The number of benzene rings is 1. The Balaban J connectivity index is 2.45. The predicted molar refractivity (Wildman–Crippen MR) is 64.1 cm³/mol. The van der Waals surface area contributed by atoms with Crippen LogP contribution in [0.5, 0.6) is 5.75 Å². The van der Waals surface area contributed by atoms with E-state index in [9.17, 15) is 10.1 Å². The fraction of sp³-hybridized carbons (Fsp3) is 0.500. The molecule has 5 nitrogen and oxygen atoms in total. The van der Waals surface area contributed by atoms with Gasteiger partial charge in [0.2, 0.25) is 0 Å². The number of nitro groups is 1. The number of methoxy groups -OCH3 is 1. The number of ether oxygens (including phenoxy) is 1. The van der Waals surface area contributed by atoms with Crippen molar-refractivity contribution in [2.24, 2.45) is 11.1 Å². The van der Waals surface area contributed by atoms with E-state index in [1.165, 1.54) is 6.07 Å². The van der Waals surface area contributed by atoms with Gasteiger partial charge in [0, 0.05) is 29.7 Å². The maximum absolute atomic E-state index is 10.8. The Morgan fingerprint density at radius 2 is 2.06 bits per heavy atom. The summed E-state index contributed by atoms with van der Waals surface area (Å²) in [6.45, 7) is 4.11. The van der Waals surface area contributed by atoms with Crippen molar-refractivity contribution in [2.75, 3.05) is 7.11 Å². The van der Waals surface area contributed by atoms with Crippen LogP contribution in [0, 0.1) is 15.5 Å². The van der Waals surface area contributed by atoms with Gasteiger partial charge >= 0.3 is 0 Å². The van der Waals surface area contributed by atoms with Crippen LogP contribution in [0.15, 0.2) is 18.2 Å². The Hall–Kier alpha value is -1.62. The van der Waals surface area contributed by atoms with Crippen LogP contribution in [-0.4, -0.2) is 18.1 Å². The molecule has 0 radical (unpaired) electrons. The molecule has 0 aliphatic heterocycles. The number of non-ortho nitro benzene ring substituents is 1. The molecule has 0 amide bonds. The number of hydrogen-bond donors (Lipinski definition) is 1. The van der Waals surface area contributed by atoms with Crippen LogP contribution in [0.4, 0.5) is 5.69 Å². The Bertz CT molecular complexity index is 471. The Morgan fingerprint density at radius 1 is 1.47 bits per heavy atom. The zero-order chi connectivity index (χ0) is 12.8. The predicted octanol–water partition coefficient (Wildman–Crippen LogP) is 2.05. The average molecular weight is 236 g/mol. The minimum atomic E-state index is -0.399. The van der Waals surface area contributed by atoms with Gasteiger partial charge in [0.25, 0.3) is 5.69 Å². The third-order valence-corrected chi connectivity index (χ3v) is 3.67. The first kappa shape index (κ1) is 11.9. The van der Waals surface area contributed by atoms with Gasteiger partial charge in [-0.15, -0.1) is 0 Å². The summed E-state index contributed by atoms with van der Waals surface area (Å²) in [4.78, 5) is 10.4. The van der Waals surface area contributed by atoms with Crippen molar-refractivity contribution in [1.82, 2.24) is 0 Å². The van der Waals surface area contributed by atoms with Crippen molar-refractivity contribution >= 4 is 5.69 Å². The molecule has 0 heterocycles. The molecule has 17 heavy (non-hydrogen) atoms. The smallest absolute Gasteiger partial charge is 0.269 e. The molecule has 1 aliphatic carbocycles. The molecule has 2 N–H and O–H groups in total. The molecule has 0 aromatic heterocycles. The van der Waals surface area contributed by atoms with Crippen molar-refractivity contribution in [2.45, 2.75) is 25.8 Å². The van der Waals surface area contributed by atoms with Gasteiger partial charge in [-0.1, -0.05) is 13.8 Å². The molecule has 1 saturated carbocycles. The van der Waals surface area contributed by atoms with Crippen LogP contribution < -0.4 is 10.5 Å². The third kappa shape index (κ3) is 1.76. The Kier molecular flexibility index (Phi) is 2.58. The first-order chi connectivity index (χ1) is 7.89. The summed E-state index contributed by atoms with van der Waals surface area (Å²) in [6.07, 6.45) is 0. The lowest BCUT2D eigenvalue weighted by atomic mass is 10.0. The fourth-order valence-corrected chi connectivity index (χ4v) is 2.35. The lowest BCUT2D eigenvalue weighted by Crippen LogP contribution is -2.06. The van der Waals surface area contributed by atoms with Crippen molar-refractivity contribution in [3.63, 3.8) is 0 Å². The summed E-state index contributed by atoms with van der Waals surface area (Å²) in [7, 11) is 1.56. The van der Waals surface area contributed by atoms with E-state index in [2.05, 4.69) is 13.8 Å². The summed E-state index contributed by atoms with van der Waals surface area (Å²) in [5.41, 5.74) is 6.89. The van der Waals surface area contributed by atoms with Gasteiger partial charge in [0.1, 0.15) is 5.75 Å². The topological polar surface area (TPSA) is 78.4 Å². The summed E-state index contributed by atoms with van der Waals surface area (Å²) in [5, 5.41) is 10.8. The van der Waals surface area contributed by atoms with Gasteiger partial charge in [-0.3, -0.25) is 10.1 Å². The lowest BCUT2D eigenvalue weighted by molar-refractivity contribution is -0.384. The Morgan fingerprint density at radius 3 is 2.47 bits per heavy atom. The second-order valence-electron chi connectivity index (χ2n) is 5.01. The highest BCUT2D eigenvalue weighted by Crippen LogP contribution is 2.59. The average Bonchev–Trinajstić information content (AvgIpc) is 2.77. The molecule has 2 rings (SSSR count). The zero-order valence-corrected chi connectivity index (χ0v) is 10.1. The molecule has 5 heteroatoms. The molecule has 0 bridgehead atoms. The maximum atomic E-state index is 10.8.